The fourth-order valence-electron chi connectivity index (χ4n) is 0.509. The van der Waals surface area contributed by atoms with E-state index in [4.69, 9.17) is 5.11 Å². The molecule has 0 aliphatic heterocycles. The summed E-state index contributed by atoms with van der Waals surface area (Å²) in [6.45, 7) is 3.12. The first-order chi connectivity index (χ1) is 4.57. The second-order valence-electron chi connectivity index (χ2n) is 1.84. The first-order valence-corrected chi connectivity index (χ1v) is 3.86. The van der Waals surface area contributed by atoms with Crippen molar-refractivity contribution in [3.63, 3.8) is 0 Å². The third-order valence-corrected chi connectivity index (χ3v) is 2.11. The van der Waals surface area contributed by atoms with Crippen LogP contribution in [0.15, 0.2) is 0 Å². The van der Waals surface area contributed by atoms with E-state index in [0.29, 0.717) is 6.42 Å². The van der Waals surface area contributed by atoms with Crippen LogP contribution in [0.4, 0.5) is 0 Å². The SMILES string of the molecule is CC[C@@H](SC(C)=O)C(=O)O. The summed E-state index contributed by atoms with van der Waals surface area (Å²) in [4.78, 5) is 20.7. The average molecular weight is 162 g/mol. The average Bonchev–Trinajstić information content (AvgIpc) is 1.81. The summed E-state index contributed by atoms with van der Waals surface area (Å²) in [5.41, 5.74) is 0. The lowest BCUT2D eigenvalue weighted by molar-refractivity contribution is -0.136. The fourth-order valence-corrected chi connectivity index (χ4v) is 1.18. The highest BCUT2D eigenvalue weighted by atomic mass is 32.2. The van der Waals surface area contributed by atoms with Crippen LogP contribution in [-0.4, -0.2) is 21.4 Å². The lowest BCUT2D eigenvalue weighted by atomic mass is 10.3. The van der Waals surface area contributed by atoms with Crippen LogP contribution < -0.4 is 0 Å². The molecule has 0 aliphatic rings. The highest BCUT2D eigenvalue weighted by molar-refractivity contribution is 8.14. The van der Waals surface area contributed by atoms with Gasteiger partial charge < -0.3 is 5.11 Å². The number of carboxylic acid groups (broad SMARTS) is 1. The van der Waals surface area contributed by atoms with E-state index in [2.05, 4.69) is 0 Å². The molecule has 1 atom stereocenters. The number of carbonyl (C=O) groups is 2. The maximum atomic E-state index is 10.4. The molecule has 0 aromatic heterocycles. The van der Waals surface area contributed by atoms with Crippen molar-refractivity contribution in [3.05, 3.63) is 0 Å². The van der Waals surface area contributed by atoms with E-state index in [9.17, 15) is 9.59 Å². The number of aliphatic carboxylic acids is 1. The van der Waals surface area contributed by atoms with Gasteiger partial charge in [0.15, 0.2) is 5.12 Å². The number of rotatable bonds is 3. The Kier molecular flexibility index (Phi) is 4.11. The van der Waals surface area contributed by atoms with Gasteiger partial charge in [0, 0.05) is 6.92 Å². The molecular weight excluding hydrogens is 152 g/mol. The quantitative estimate of drug-likeness (QED) is 0.675. The molecule has 1 N–H and O–H groups in total. The van der Waals surface area contributed by atoms with Crippen LogP contribution in [0.2, 0.25) is 0 Å². The van der Waals surface area contributed by atoms with Crippen molar-refractivity contribution >= 4 is 22.8 Å². The molecule has 0 unspecified atom stereocenters. The number of carbonyl (C=O) groups excluding carboxylic acids is 1. The molecule has 0 amide bonds. The predicted octanol–water partition coefficient (Wildman–Crippen LogP) is 1.13. The minimum atomic E-state index is -0.914. The van der Waals surface area contributed by atoms with Gasteiger partial charge in [0.25, 0.3) is 0 Å². The largest absolute Gasteiger partial charge is 0.480 e. The summed E-state index contributed by atoms with van der Waals surface area (Å²) in [6.07, 6.45) is 0.486. The molecule has 0 aliphatic carbocycles. The van der Waals surface area contributed by atoms with Gasteiger partial charge in [0.05, 0.1) is 0 Å². The molecule has 0 saturated heterocycles. The Morgan fingerprint density at radius 3 is 2.20 bits per heavy atom. The maximum Gasteiger partial charge on any atom is 0.317 e. The molecule has 58 valence electrons. The summed E-state index contributed by atoms with van der Waals surface area (Å²) >= 11 is 0.869. The summed E-state index contributed by atoms with van der Waals surface area (Å²) in [7, 11) is 0. The van der Waals surface area contributed by atoms with Crippen molar-refractivity contribution < 1.29 is 14.7 Å². The molecule has 0 spiro atoms. The molecule has 0 saturated carbocycles. The van der Waals surface area contributed by atoms with Gasteiger partial charge in [-0.1, -0.05) is 18.7 Å². The minimum absolute atomic E-state index is 0.144. The predicted molar refractivity (Wildman–Crippen MR) is 40.0 cm³/mol. The van der Waals surface area contributed by atoms with E-state index in [0.717, 1.165) is 11.8 Å². The standard InChI is InChI=1S/C6H10O3S/c1-3-5(6(8)9)10-4(2)7/h5H,3H2,1-2H3,(H,8,9)/t5-/m1/s1. The number of carboxylic acids is 1. The molecule has 3 nitrogen and oxygen atoms in total. The maximum absolute atomic E-state index is 10.4. The van der Waals surface area contributed by atoms with Crippen molar-refractivity contribution in [3.8, 4) is 0 Å². The highest BCUT2D eigenvalue weighted by Gasteiger charge is 2.16. The molecule has 10 heavy (non-hydrogen) atoms. The normalized spacial score (nSPS) is 12.6. The Balaban J connectivity index is 3.83. The first-order valence-electron chi connectivity index (χ1n) is 2.98. The fraction of sp³-hybridized carbons (Fsp3) is 0.667. The Bertz CT molecular complexity index is 144. The minimum Gasteiger partial charge on any atom is -0.480 e. The molecule has 0 radical (unpaired) electrons. The summed E-state index contributed by atoms with van der Waals surface area (Å²) in [6, 6.07) is 0. The highest BCUT2D eigenvalue weighted by Crippen LogP contribution is 2.14. The van der Waals surface area contributed by atoms with Gasteiger partial charge in [-0.15, -0.1) is 0 Å². The third kappa shape index (κ3) is 3.50. The van der Waals surface area contributed by atoms with E-state index < -0.39 is 11.2 Å². The van der Waals surface area contributed by atoms with Crippen LogP contribution in [-0.2, 0) is 9.59 Å². The Morgan fingerprint density at radius 2 is 2.10 bits per heavy atom. The van der Waals surface area contributed by atoms with Crippen LogP contribution in [0.1, 0.15) is 20.3 Å². The molecule has 0 aromatic rings. The van der Waals surface area contributed by atoms with E-state index in [-0.39, 0.29) is 5.12 Å². The lowest BCUT2D eigenvalue weighted by Crippen LogP contribution is -2.16. The zero-order valence-corrected chi connectivity index (χ0v) is 6.77. The molecule has 0 aromatic carbocycles. The molecule has 0 rings (SSSR count). The second kappa shape index (κ2) is 4.33. The monoisotopic (exact) mass is 162 g/mol. The van der Waals surface area contributed by atoms with E-state index in [1.165, 1.54) is 6.92 Å². The van der Waals surface area contributed by atoms with Gasteiger partial charge in [-0.25, -0.2) is 0 Å². The smallest absolute Gasteiger partial charge is 0.317 e. The Hall–Kier alpha value is -0.510. The summed E-state index contributed by atoms with van der Waals surface area (Å²) in [5.74, 6) is -0.914. The summed E-state index contributed by atoms with van der Waals surface area (Å²) in [5, 5.41) is 7.73. The lowest BCUT2D eigenvalue weighted by Gasteiger charge is -2.04. The van der Waals surface area contributed by atoms with Gasteiger partial charge >= 0.3 is 5.97 Å². The van der Waals surface area contributed by atoms with Crippen LogP contribution in [0.5, 0.6) is 0 Å². The van der Waals surface area contributed by atoms with Crippen molar-refractivity contribution in [1.29, 1.82) is 0 Å². The zero-order valence-electron chi connectivity index (χ0n) is 5.96. The van der Waals surface area contributed by atoms with Gasteiger partial charge in [-0.05, 0) is 6.42 Å². The molecule has 4 heteroatoms. The van der Waals surface area contributed by atoms with E-state index >= 15 is 0 Å². The van der Waals surface area contributed by atoms with E-state index in [1.54, 1.807) is 6.92 Å². The molecular formula is C6H10O3S. The second-order valence-corrected chi connectivity index (χ2v) is 3.22. The van der Waals surface area contributed by atoms with Crippen molar-refractivity contribution in [1.82, 2.24) is 0 Å². The van der Waals surface area contributed by atoms with Crippen molar-refractivity contribution in [2.45, 2.75) is 25.5 Å². The van der Waals surface area contributed by atoms with Crippen molar-refractivity contribution in [2.24, 2.45) is 0 Å². The van der Waals surface area contributed by atoms with Gasteiger partial charge in [-0.3, -0.25) is 9.59 Å². The Morgan fingerprint density at radius 1 is 1.60 bits per heavy atom. The van der Waals surface area contributed by atoms with Gasteiger partial charge in [0.2, 0.25) is 0 Å². The van der Waals surface area contributed by atoms with Crippen LogP contribution in [0.25, 0.3) is 0 Å². The third-order valence-electron chi connectivity index (χ3n) is 0.954. The number of thioether (sulfide) groups is 1. The first kappa shape index (κ1) is 9.49. The zero-order chi connectivity index (χ0) is 8.15. The van der Waals surface area contributed by atoms with Crippen molar-refractivity contribution in [2.75, 3.05) is 0 Å². The summed E-state index contributed by atoms with van der Waals surface area (Å²) < 4.78 is 0. The van der Waals surface area contributed by atoms with Crippen LogP contribution >= 0.6 is 11.8 Å². The van der Waals surface area contributed by atoms with Gasteiger partial charge in [0.1, 0.15) is 5.25 Å². The molecule has 0 bridgehead atoms. The number of hydrogen-bond acceptors (Lipinski definition) is 3. The topological polar surface area (TPSA) is 54.4 Å². The van der Waals surface area contributed by atoms with Crippen LogP contribution in [0.3, 0.4) is 0 Å². The Labute approximate surface area is 63.8 Å². The number of hydrogen-bond donors (Lipinski definition) is 1. The van der Waals surface area contributed by atoms with E-state index in [1.807, 2.05) is 0 Å². The molecule has 0 heterocycles. The van der Waals surface area contributed by atoms with Gasteiger partial charge in [-0.2, -0.15) is 0 Å². The van der Waals surface area contributed by atoms with Crippen LogP contribution in [0, 0.1) is 0 Å². The molecule has 0 fully saturated rings.